The second-order valence-electron chi connectivity index (χ2n) is 3.03. The van der Waals surface area contributed by atoms with E-state index < -0.39 is 0 Å². The molecule has 3 nitrogen and oxygen atoms in total. The number of pyridine rings is 1. The molecule has 99 valence electrons. The Morgan fingerprint density at radius 3 is 1.50 bits per heavy atom. The largest absolute Gasteiger partial charge is 3.00 e. The maximum Gasteiger partial charge on any atom is 3.00 e. The molecule has 0 aliphatic rings. The van der Waals surface area contributed by atoms with E-state index in [2.05, 4.69) is 15.0 Å². The van der Waals surface area contributed by atoms with Crippen LogP contribution in [0.4, 0.5) is 0 Å². The van der Waals surface area contributed by atoms with Gasteiger partial charge in [0.05, 0.1) is 22.8 Å². The summed E-state index contributed by atoms with van der Waals surface area (Å²) in [6.07, 6.45) is 0. The number of hydrogen-bond acceptors (Lipinski definition) is 3. The van der Waals surface area contributed by atoms with Crippen molar-refractivity contribution in [2.45, 2.75) is 13.8 Å². The van der Waals surface area contributed by atoms with Crippen LogP contribution in [-0.2, 0) is 0 Å². The first-order valence-electron chi connectivity index (χ1n) is 4.53. The molecule has 0 aromatic carbocycles. The molecule has 1 aromatic rings. The van der Waals surface area contributed by atoms with Crippen LogP contribution in [0, 0.1) is 40.8 Å². The Kier molecular flexibility index (Phi) is 21.3. The van der Waals surface area contributed by atoms with Crippen molar-refractivity contribution in [2.24, 2.45) is 9.98 Å². The monoisotopic (exact) mass is 436 g/mol. The molecule has 7 heteroatoms. The van der Waals surface area contributed by atoms with Gasteiger partial charge in [0.1, 0.15) is 0 Å². The Hall–Kier alpha value is 0.711. The number of rotatable bonds is 2. The van der Waals surface area contributed by atoms with Gasteiger partial charge in [0.25, 0.3) is 0 Å². The average molecular weight is 440 g/mol. The molecule has 1 rings (SSSR count). The van der Waals surface area contributed by atoms with Crippen LogP contribution in [0.3, 0.4) is 0 Å². The van der Waals surface area contributed by atoms with E-state index in [-0.39, 0.29) is 78.1 Å². The summed E-state index contributed by atoms with van der Waals surface area (Å²) in [6, 6.07) is 5.88. The molecule has 0 atom stereocenters. The summed E-state index contributed by atoms with van der Waals surface area (Å²) in [5.74, 6) is 0. The Morgan fingerprint density at radius 1 is 0.889 bits per heavy atom. The van der Waals surface area contributed by atoms with Gasteiger partial charge in [-0.25, -0.2) is 4.98 Å². The van der Waals surface area contributed by atoms with Gasteiger partial charge in [0.2, 0.25) is 0 Å². The van der Waals surface area contributed by atoms with Gasteiger partial charge in [-0.2, -0.15) is 0 Å². The van der Waals surface area contributed by atoms with Crippen LogP contribution < -0.4 is 37.2 Å². The zero-order chi connectivity index (χ0) is 10.6. The minimum absolute atomic E-state index is 0. The SMILES string of the molecule is CN=C(C)c1cccc(C(C)=NC)n1.[Cl-].[Cl-].[Cl-].[Nd+3]. The van der Waals surface area contributed by atoms with Crippen LogP contribution in [0.5, 0.6) is 0 Å². The zero-order valence-electron chi connectivity index (χ0n) is 10.7. The summed E-state index contributed by atoms with van der Waals surface area (Å²) in [5.41, 5.74) is 3.70. The van der Waals surface area contributed by atoms with Crippen molar-refractivity contribution in [1.82, 2.24) is 4.98 Å². The molecular formula is C11H15Cl3N3Nd. The van der Waals surface area contributed by atoms with Crippen LogP contribution in [-0.4, -0.2) is 30.5 Å². The average Bonchev–Trinajstić information content (AvgIpc) is 2.27. The first kappa shape index (κ1) is 27.1. The number of aliphatic imine (C=N–C) groups is 2. The third-order valence-electron chi connectivity index (χ3n) is 2.16. The summed E-state index contributed by atoms with van der Waals surface area (Å²) in [4.78, 5) is 12.7. The van der Waals surface area contributed by atoms with Crippen LogP contribution in [0.25, 0.3) is 0 Å². The van der Waals surface area contributed by atoms with Crippen molar-refractivity contribution in [3.05, 3.63) is 29.6 Å². The van der Waals surface area contributed by atoms with Gasteiger partial charge in [-0.3, -0.25) is 9.98 Å². The van der Waals surface area contributed by atoms with Gasteiger partial charge < -0.3 is 37.2 Å². The van der Waals surface area contributed by atoms with E-state index in [0.29, 0.717) is 0 Å². The molecule has 0 spiro atoms. The summed E-state index contributed by atoms with van der Waals surface area (Å²) in [5, 5.41) is 0. The molecule has 18 heavy (non-hydrogen) atoms. The molecule has 0 saturated heterocycles. The van der Waals surface area contributed by atoms with Gasteiger partial charge in [-0.15, -0.1) is 0 Å². The van der Waals surface area contributed by atoms with Crippen molar-refractivity contribution in [3.63, 3.8) is 0 Å². The van der Waals surface area contributed by atoms with E-state index in [0.717, 1.165) is 22.8 Å². The standard InChI is InChI=1S/C11H15N3.3ClH.Nd/c1-8(12-3)10-6-5-7-11(14-10)9(2)13-4;;;;/h5-7H,1-4H3;3*1H;/q;;;;+3/p-3. The van der Waals surface area contributed by atoms with E-state index in [1.165, 1.54) is 0 Å². The number of halogens is 3. The van der Waals surface area contributed by atoms with Gasteiger partial charge in [-0.05, 0) is 26.0 Å². The summed E-state index contributed by atoms with van der Waals surface area (Å²) in [7, 11) is 3.54. The minimum Gasteiger partial charge on any atom is -1.00 e. The molecule has 0 amide bonds. The van der Waals surface area contributed by atoms with Crippen LogP contribution >= 0.6 is 0 Å². The number of nitrogens with zero attached hydrogens (tertiary/aromatic N) is 3. The first-order chi connectivity index (χ1) is 6.69. The summed E-state index contributed by atoms with van der Waals surface area (Å²) in [6.45, 7) is 3.90. The van der Waals surface area contributed by atoms with E-state index >= 15 is 0 Å². The molecule has 1 heterocycles. The van der Waals surface area contributed by atoms with Gasteiger partial charge >= 0.3 is 40.8 Å². The Balaban J connectivity index is -0.000000245. The second-order valence-corrected chi connectivity index (χ2v) is 3.03. The Bertz CT molecular complexity index is 362. The fraction of sp³-hybridized carbons (Fsp3) is 0.364. The smallest absolute Gasteiger partial charge is 1.00 e. The molecular weight excluding hydrogens is 425 g/mol. The quantitative estimate of drug-likeness (QED) is 0.422. The maximum atomic E-state index is 4.45. The third kappa shape index (κ3) is 8.00. The predicted molar refractivity (Wildman–Crippen MR) is 60.5 cm³/mol. The topological polar surface area (TPSA) is 37.6 Å². The van der Waals surface area contributed by atoms with Gasteiger partial charge in [0.15, 0.2) is 0 Å². The molecule has 0 bridgehead atoms. The number of hydrogen-bond donors (Lipinski definition) is 0. The second kappa shape index (κ2) is 14.1. The molecule has 0 aliphatic heterocycles. The normalized spacial score (nSPS) is 10.2. The van der Waals surface area contributed by atoms with Crippen molar-refractivity contribution >= 4 is 11.4 Å². The van der Waals surface area contributed by atoms with E-state index in [9.17, 15) is 0 Å². The van der Waals surface area contributed by atoms with Gasteiger partial charge in [0, 0.05) is 14.1 Å². The fourth-order valence-electron chi connectivity index (χ4n) is 1.07. The van der Waals surface area contributed by atoms with E-state index in [4.69, 9.17) is 0 Å². The van der Waals surface area contributed by atoms with Crippen LogP contribution in [0.2, 0.25) is 0 Å². The summed E-state index contributed by atoms with van der Waals surface area (Å²) < 4.78 is 0. The minimum atomic E-state index is 0. The Labute approximate surface area is 160 Å². The first-order valence-corrected chi connectivity index (χ1v) is 4.53. The van der Waals surface area contributed by atoms with E-state index in [1.54, 1.807) is 14.1 Å². The van der Waals surface area contributed by atoms with Crippen molar-refractivity contribution < 1.29 is 78.1 Å². The molecule has 1 radical (unpaired) electrons. The van der Waals surface area contributed by atoms with Crippen molar-refractivity contribution in [3.8, 4) is 0 Å². The fourth-order valence-corrected chi connectivity index (χ4v) is 1.07. The van der Waals surface area contributed by atoms with Crippen LogP contribution in [0.15, 0.2) is 28.2 Å². The van der Waals surface area contributed by atoms with Crippen LogP contribution in [0.1, 0.15) is 25.2 Å². The maximum absolute atomic E-state index is 4.45. The third-order valence-corrected chi connectivity index (χ3v) is 2.16. The molecule has 0 saturated carbocycles. The predicted octanol–water partition coefficient (Wildman–Crippen LogP) is -7.03. The molecule has 0 N–H and O–H groups in total. The number of aromatic nitrogens is 1. The van der Waals surface area contributed by atoms with Crippen molar-refractivity contribution in [2.75, 3.05) is 14.1 Å². The molecule has 0 fully saturated rings. The molecule has 0 unspecified atom stereocenters. The zero-order valence-corrected chi connectivity index (χ0v) is 16.2. The molecule has 0 aliphatic carbocycles. The van der Waals surface area contributed by atoms with E-state index in [1.807, 2.05) is 32.0 Å². The molecule has 1 aromatic heterocycles. The van der Waals surface area contributed by atoms with Gasteiger partial charge in [-0.1, -0.05) is 6.07 Å². The van der Waals surface area contributed by atoms with Crippen molar-refractivity contribution in [1.29, 1.82) is 0 Å². The summed E-state index contributed by atoms with van der Waals surface area (Å²) >= 11 is 0. The Morgan fingerprint density at radius 2 is 1.22 bits per heavy atom.